The van der Waals surface area contributed by atoms with Gasteiger partial charge in [0.05, 0.1) is 6.04 Å². The summed E-state index contributed by atoms with van der Waals surface area (Å²) in [4.78, 5) is 22.6. The molecule has 0 amide bonds. The summed E-state index contributed by atoms with van der Waals surface area (Å²) in [5, 5.41) is 9.40. The van der Waals surface area contributed by atoms with Crippen molar-refractivity contribution in [2.45, 2.75) is 13.0 Å². The van der Waals surface area contributed by atoms with Gasteiger partial charge in [0.25, 0.3) is 0 Å². The summed E-state index contributed by atoms with van der Waals surface area (Å²) in [6.07, 6.45) is 4.88. The van der Waals surface area contributed by atoms with Gasteiger partial charge in [-0.15, -0.1) is 0 Å². The van der Waals surface area contributed by atoms with Crippen LogP contribution >= 0.6 is 0 Å². The highest BCUT2D eigenvalue weighted by Gasteiger charge is 2.09. The summed E-state index contributed by atoms with van der Waals surface area (Å²) in [6.45, 7) is 1.96. The van der Waals surface area contributed by atoms with Crippen LogP contribution in [0.5, 0.6) is 0 Å². The summed E-state index contributed by atoms with van der Waals surface area (Å²) >= 11 is 0. The zero-order valence-corrected chi connectivity index (χ0v) is 9.58. The molecule has 92 valence electrons. The maximum atomic E-state index is 11.3. The number of rotatable bonds is 3. The van der Waals surface area contributed by atoms with Crippen molar-refractivity contribution >= 4 is 11.5 Å². The first-order chi connectivity index (χ1) is 8.74. The van der Waals surface area contributed by atoms with Crippen molar-refractivity contribution in [3.05, 3.63) is 41.1 Å². The number of aromatic nitrogens is 6. The molecular weight excluding hydrogens is 234 g/mol. The van der Waals surface area contributed by atoms with E-state index in [1.54, 1.807) is 18.5 Å². The molecule has 0 aromatic carbocycles. The fourth-order valence-corrected chi connectivity index (χ4v) is 1.69. The number of fused-ring (bicyclic) bond motifs is 1. The van der Waals surface area contributed by atoms with Crippen LogP contribution < -0.4 is 11.0 Å². The minimum Gasteiger partial charge on any atom is -0.360 e. The topological polar surface area (TPSA) is 104 Å². The van der Waals surface area contributed by atoms with Crippen LogP contribution in [0.3, 0.4) is 0 Å². The third kappa shape index (κ3) is 1.73. The Labute approximate surface area is 101 Å². The van der Waals surface area contributed by atoms with E-state index in [4.69, 9.17) is 0 Å². The molecule has 0 bridgehead atoms. The Morgan fingerprint density at radius 2 is 2.33 bits per heavy atom. The molecule has 18 heavy (non-hydrogen) atoms. The normalized spacial score (nSPS) is 12.7. The van der Waals surface area contributed by atoms with Crippen LogP contribution in [0.4, 0.5) is 5.82 Å². The highest BCUT2D eigenvalue weighted by molar-refractivity contribution is 5.48. The number of H-pyrrole nitrogens is 2. The molecule has 8 heteroatoms. The number of nitrogens with zero attached hydrogens (tertiary/aromatic N) is 4. The highest BCUT2D eigenvalue weighted by Crippen LogP contribution is 2.14. The fourth-order valence-electron chi connectivity index (χ4n) is 1.69. The van der Waals surface area contributed by atoms with Gasteiger partial charge < -0.3 is 10.3 Å². The summed E-state index contributed by atoms with van der Waals surface area (Å²) in [5.74, 6) is 1.45. The average Bonchev–Trinajstić information content (AvgIpc) is 2.99. The van der Waals surface area contributed by atoms with Gasteiger partial charge in [0.1, 0.15) is 18.0 Å². The Morgan fingerprint density at radius 3 is 3.11 bits per heavy atom. The highest BCUT2D eigenvalue weighted by atomic mass is 16.1. The lowest BCUT2D eigenvalue weighted by Crippen LogP contribution is -2.12. The van der Waals surface area contributed by atoms with Gasteiger partial charge in [-0.2, -0.15) is 5.10 Å². The largest absolute Gasteiger partial charge is 0.360 e. The zero-order valence-electron chi connectivity index (χ0n) is 9.58. The van der Waals surface area contributed by atoms with E-state index in [1.807, 2.05) is 6.92 Å². The molecule has 1 unspecified atom stereocenters. The second-order valence-electron chi connectivity index (χ2n) is 3.87. The number of hydrogen-bond acceptors (Lipinski definition) is 5. The number of anilines is 1. The Hall–Kier alpha value is -2.64. The molecule has 3 aromatic rings. The van der Waals surface area contributed by atoms with E-state index in [9.17, 15) is 4.79 Å². The van der Waals surface area contributed by atoms with Crippen LogP contribution in [0, 0.1) is 0 Å². The molecule has 8 nitrogen and oxygen atoms in total. The van der Waals surface area contributed by atoms with E-state index >= 15 is 0 Å². The van der Waals surface area contributed by atoms with Crippen molar-refractivity contribution in [1.29, 1.82) is 0 Å². The van der Waals surface area contributed by atoms with Gasteiger partial charge in [-0.3, -0.25) is 0 Å². The minimum atomic E-state index is -0.303. The average molecular weight is 245 g/mol. The van der Waals surface area contributed by atoms with Crippen molar-refractivity contribution in [3.63, 3.8) is 0 Å². The second-order valence-corrected chi connectivity index (χ2v) is 3.87. The predicted molar refractivity (Wildman–Crippen MR) is 64.2 cm³/mol. The van der Waals surface area contributed by atoms with E-state index in [1.165, 1.54) is 10.7 Å². The van der Waals surface area contributed by atoms with Crippen LogP contribution in [0.1, 0.15) is 18.8 Å². The summed E-state index contributed by atoms with van der Waals surface area (Å²) in [6, 6.07) is 1.68. The Morgan fingerprint density at radius 1 is 1.44 bits per heavy atom. The van der Waals surface area contributed by atoms with Gasteiger partial charge in [0.2, 0.25) is 0 Å². The van der Waals surface area contributed by atoms with Crippen molar-refractivity contribution < 1.29 is 0 Å². The third-order valence-electron chi connectivity index (χ3n) is 2.60. The smallest absolute Gasteiger partial charge is 0.348 e. The number of nitrogens with one attached hydrogen (secondary N) is 3. The summed E-state index contributed by atoms with van der Waals surface area (Å²) in [7, 11) is 0. The van der Waals surface area contributed by atoms with Gasteiger partial charge in [0, 0.05) is 18.5 Å². The lowest BCUT2D eigenvalue weighted by Gasteiger charge is -2.11. The first-order valence-electron chi connectivity index (χ1n) is 5.42. The van der Waals surface area contributed by atoms with E-state index in [0.717, 1.165) is 5.82 Å². The van der Waals surface area contributed by atoms with E-state index in [2.05, 4.69) is 30.5 Å². The van der Waals surface area contributed by atoms with E-state index in [-0.39, 0.29) is 11.7 Å². The van der Waals surface area contributed by atoms with Gasteiger partial charge in [-0.25, -0.2) is 24.3 Å². The summed E-state index contributed by atoms with van der Waals surface area (Å²) in [5.41, 5.74) is 0.215. The molecule has 0 spiro atoms. The number of imidazole rings is 1. The summed E-state index contributed by atoms with van der Waals surface area (Å²) < 4.78 is 1.34. The van der Waals surface area contributed by atoms with E-state index in [0.29, 0.717) is 11.5 Å². The van der Waals surface area contributed by atoms with Crippen LogP contribution in [0.25, 0.3) is 5.65 Å². The number of aromatic amines is 2. The Kier molecular flexibility index (Phi) is 2.33. The minimum absolute atomic E-state index is 0.0133. The molecule has 0 saturated heterocycles. The molecule has 0 radical (unpaired) electrons. The lowest BCUT2D eigenvalue weighted by atomic mass is 10.3. The van der Waals surface area contributed by atoms with Crippen LogP contribution in [0.15, 0.2) is 29.6 Å². The maximum absolute atomic E-state index is 11.3. The molecular formula is C10H11N7O. The van der Waals surface area contributed by atoms with Gasteiger partial charge in [-0.1, -0.05) is 0 Å². The predicted octanol–water partition coefficient (Wildman–Crippen LogP) is 0.314. The van der Waals surface area contributed by atoms with Gasteiger partial charge in [0.15, 0.2) is 5.65 Å². The van der Waals surface area contributed by atoms with Crippen LogP contribution in [-0.2, 0) is 0 Å². The van der Waals surface area contributed by atoms with Crippen molar-refractivity contribution in [3.8, 4) is 0 Å². The van der Waals surface area contributed by atoms with Crippen LogP contribution in [0.2, 0.25) is 0 Å². The fraction of sp³-hybridized carbons (Fsp3) is 0.200. The first-order valence-corrected chi connectivity index (χ1v) is 5.42. The molecule has 1 atom stereocenters. The monoisotopic (exact) mass is 245 g/mol. The van der Waals surface area contributed by atoms with Crippen molar-refractivity contribution in [2.75, 3.05) is 5.32 Å². The molecule has 0 saturated carbocycles. The SMILES string of the molecule is CC(Nc1cc2n[nH]c(=O)n2cn1)c1ncc[nH]1. The van der Waals surface area contributed by atoms with Crippen LogP contribution in [-0.4, -0.2) is 29.5 Å². The third-order valence-corrected chi connectivity index (χ3v) is 2.60. The molecule has 3 rings (SSSR count). The zero-order chi connectivity index (χ0) is 12.5. The molecule has 0 fully saturated rings. The molecule has 3 N–H and O–H groups in total. The molecule has 0 aliphatic carbocycles. The van der Waals surface area contributed by atoms with Gasteiger partial charge in [-0.05, 0) is 6.92 Å². The molecule has 0 aliphatic rings. The van der Waals surface area contributed by atoms with Gasteiger partial charge >= 0.3 is 5.69 Å². The van der Waals surface area contributed by atoms with E-state index < -0.39 is 0 Å². The molecule has 0 aliphatic heterocycles. The second kappa shape index (κ2) is 3.99. The molecule has 3 aromatic heterocycles. The Balaban J connectivity index is 1.89. The standard InChI is InChI=1S/C10H11N7O/c1-6(9-11-2-3-12-9)14-7-4-8-15-16-10(18)17(8)5-13-7/h2-6,14H,1H3,(H,11,12)(H,16,18). The Bertz CT molecular complexity index is 711. The first kappa shape index (κ1) is 10.5. The van der Waals surface area contributed by atoms with Crippen molar-refractivity contribution in [1.82, 2.24) is 29.5 Å². The lowest BCUT2D eigenvalue weighted by molar-refractivity contribution is 0.802. The van der Waals surface area contributed by atoms with Crippen molar-refractivity contribution in [2.24, 2.45) is 0 Å². The quantitative estimate of drug-likeness (QED) is 0.616. The maximum Gasteiger partial charge on any atom is 0.348 e. The molecule has 3 heterocycles. The number of hydrogen-bond donors (Lipinski definition) is 3.